The van der Waals surface area contributed by atoms with Crippen LogP contribution in [0.25, 0.3) is 11.1 Å². The number of hydrogen-bond donors (Lipinski definition) is 1. The Balaban J connectivity index is 1.49. The van der Waals surface area contributed by atoms with Gasteiger partial charge in [-0.1, -0.05) is 54.1 Å². The number of aryl methyl sites for hydroxylation is 1. The zero-order chi connectivity index (χ0) is 25.9. The summed E-state index contributed by atoms with van der Waals surface area (Å²) in [6, 6.07) is 20.2. The van der Waals surface area contributed by atoms with Gasteiger partial charge in [-0.15, -0.1) is 0 Å². The molecule has 0 amide bonds. The Kier molecular flexibility index (Phi) is 7.52. The van der Waals surface area contributed by atoms with Gasteiger partial charge in [0.15, 0.2) is 6.61 Å². The second-order valence-electron chi connectivity index (χ2n) is 10.2. The first-order chi connectivity index (χ1) is 17.0. The molecule has 1 aliphatic rings. The summed E-state index contributed by atoms with van der Waals surface area (Å²) in [6.45, 7) is 7.26. The monoisotopic (exact) mass is 507 g/mol. The van der Waals surface area contributed by atoms with Crippen LogP contribution in [0.2, 0.25) is 0 Å². The number of rotatable bonds is 7. The topological polar surface area (TPSA) is 81.7 Å². The lowest BCUT2D eigenvalue weighted by Crippen LogP contribution is -2.31. The van der Waals surface area contributed by atoms with Crippen LogP contribution in [0.4, 0.5) is 0 Å². The van der Waals surface area contributed by atoms with Crippen molar-refractivity contribution in [1.29, 1.82) is 0 Å². The molecule has 0 spiro atoms. The van der Waals surface area contributed by atoms with Crippen molar-refractivity contribution in [1.82, 2.24) is 4.72 Å². The third kappa shape index (κ3) is 6.33. The summed E-state index contributed by atoms with van der Waals surface area (Å²) in [5, 5.41) is 0. The van der Waals surface area contributed by atoms with Crippen LogP contribution < -0.4 is 9.46 Å². The molecule has 0 saturated heterocycles. The average molecular weight is 508 g/mol. The molecule has 1 aliphatic carbocycles. The molecular weight excluding hydrogens is 474 g/mol. The number of hydrogen-bond acceptors (Lipinski definition) is 5. The highest BCUT2D eigenvalue weighted by Gasteiger charge is 2.28. The normalized spacial score (nSPS) is 15.7. The fraction of sp³-hybridized carbons (Fsp3) is 0.345. The van der Waals surface area contributed by atoms with Crippen molar-refractivity contribution in [3.05, 3.63) is 83.4 Å². The van der Waals surface area contributed by atoms with E-state index in [1.165, 1.54) is 5.56 Å². The van der Waals surface area contributed by atoms with E-state index >= 15 is 0 Å². The minimum Gasteiger partial charge on any atom is -0.482 e. The maximum Gasteiger partial charge on any atom is 0.344 e. The molecule has 7 heteroatoms. The van der Waals surface area contributed by atoms with Crippen LogP contribution >= 0.6 is 0 Å². The number of carbonyl (C=O) groups is 1. The lowest BCUT2D eigenvalue weighted by molar-refractivity contribution is -0.157. The van der Waals surface area contributed by atoms with E-state index in [4.69, 9.17) is 9.47 Å². The van der Waals surface area contributed by atoms with Gasteiger partial charge in [0, 0.05) is 6.04 Å². The van der Waals surface area contributed by atoms with Crippen molar-refractivity contribution in [3.8, 4) is 16.9 Å². The maximum atomic E-state index is 13.2. The van der Waals surface area contributed by atoms with Crippen molar-refractivity contribution in [2.75, 3.05) is 6.61 Å². The number of nitrogens with one attached hydrogen (secondary N) is 1. The Hall–Kier alpha value is -3.16. The highest BCUT2D eigenvalue weighted by molar-refractivity contribution is 7.89. The lowest BCUT2D eigenvalue weighted by atomic mass is 9.87. The van der Waals surface area contributed by atoms with E-state index in [1.54, 1.807) is 12.1 Å². The van der Waals surface area contributed by atoms with E-state index in [0.717, 1.165) is 35.1 Å². The smallest absolute Gasteiger partial charge is 0.344 e. The van der Waals surface area contributed by atoms with Gasteiger partial charge in [0.2, 0.25) is 10.0 Å². The number of esters is 1. The second kappa shape index (κ2) is 10.4. The van der Waals surface area contributed by atoms with Gasteiger partial charge < -0.3 is 9.47 Å². The summed E-state index contributed by atoms with van der Waals surface area (Å²) in [6.07, 6.45) is 2.24. The van der Waals surface area contributed by atoms with Crippen LogP contribution in [0, 0.1) is 6.92 Å². The molecule has 1 atom stereocenters. The molecule has 190 valence electrons. The average Bonchev–Trinajstić information content (AvgIpc) is 2.82. The first kappa shape index (κ1) is 25.9. The zero-order valence-electron chi connectivity index (χ0n) is 21.2. The Morgan fingerprint density at radius 2 is 1.61 bits per heavy atom. The molecule has 6 nitrogen and oxygen atoms in total. The van der Waals surface area contributed by atoms with Crippen LogP contribution in [0.1, 0.15) is 56.3 Å². The molecule has 4 rings (SSSR count). The van der Waals surface area contributed by atoms with Crippen LogP contribution in [0.3, 0.4) is 0 Å². The Morgan fingerprint density at radius 3 is 2.25 bits per heavy atom. The molecule has 0 bridgehead atoms. The highest BCUT2D eigenvalue weighted by Crippen LogP contribution is 2.36. The summed E-state index contributed by atoms with van der Waals surface area (Å²) in [5.74, 6) is 0.145. The fourth-order valence-corrected chi connectivity index (χ4v) is 5.66. The predicted octanol–water partition coefficient (Wildman–Crippen LogP) is 5.74. The molecule has 0 unspecified atom stereocenters. The third-order valence-corrected chi connectivity index (χ3v) is 7.56. The number of carbonyl (C=O) groups excluding carboxylic acids is 1. The highest BCUT2D eigenvalue weighted by atomic mass is 32.2. The van der Waals surface area contributed by atoms with Gasteiger partial charge in [-0.3, -0.25) is 0 Å². The van der Waals surface area contributed by atoms with Crippen molar-refractivity contribution in [2.24, 2.45) is 0 Å². The summed E-state index contributed by atoms with van der Waals surface area (Å²) < 4.78 is 40.5. The van der Waals surface area contributed by atoms with Gasteiger partial charge in [-0.05, 0) is 87.4 Å². The Labute approximate surface area is 213 Å². The molecule has 3 aromatic carbocycles. The molecule has 0 radical (unpaired) electrons. The van der Waals surface area contributed by atoms with E-state index < -0.39 is 21.6 Å². The van der Waals surface area contributed by atoms with Crippen LogP contribution in [0.5, 0.6) is 5.75 Å². The predicted molar refractivity (Wildman–Crippen MR) is 140 cm³/mol. The molecule has 1 N–H and O–H groups in total. The molecule has 3 aromatic rings. The SMILES string of the molecule is Cc1ccc(-c2ccc(S(=O)(=O)N[C@@H]3CCCc4c(OCC(=O)OC(C)(C)C)cccc43)cc2)cc1. The summed E-state index contributed by atoms with van der Waals surface area (Å²) in [7, 11) is -3.73. The number of fused-ring (bicyclic) bond motifs is 1. The summed E-state index contributed by atoms with van der Waals surface area (Å²) in [5.41, 5.74) is 4.39. The van der Waals surface area contributed by atoms with Crippen molar-refractivity contribution < 1.29 is 22.7 Å². The van der Waals surface area contributed by atoms with Crippen molar-refractivity contribution in [3.63, 3.8) is 0 Å². The molecule has 0 heterocycles. The lowest BCUT2D eigenvalue weighted by Gasteiger charge is -2.28. The third-order valence-electron chi connectivity index (χ3n) is 6.08. The van der Waals surface area contributed by atoms with E-state index in [0.29, 0.717) is 12.2 Å². The van der Waals surface area contributed by atoms with Crippen molar-refractivity contribution >= 4 is 16.0 Å². The summed E-state index contributed by atoms with van der Waals surface area (Å²) >= 11 is 0. The number of ether oxygens (including phenoxy) is 2. The van der Waals surface area contributed by atoms with Crippen LogP contribution in [0.15, 0.2) is 71.6 Å². The minimum absolute atomic E-state index is 0.197. The standard InChI is InChI=1S/C29H33NO5S/c1-20-11-13-21(14-12-20)22-15-17-23(18-16-22)36(32,33)30-26-9-5-8-25-24(26)7-6-10-27(25)34-19-28(31)35-29(2,3)4/h6-7,10-18,26,30H,5,8-9,19H2,1-4H3/t26-/m1/s1. The second-order valence-corrected chi connectivity index (χ2v) is 11.9. The van der Waals surface area contributed by atoms with E-state index in [2.05, 4.69) is 4.72 Å². The van der Waals surface area contributed by atoms with Gasteiger partial charge in [-0.25, -0.2) is 17.9 Å². The molecule has 0 fully saturated rings. The Bertz CT molecular complexity index is 1320. The fourth-order valence-electron chi connectivity index (χ4n) is 4.41. The van der Waals surface area contributed by atoms with Crippen LogP contribution in [-0.2, 0) is 26.0 Å². The van der Waals surface area contributed by atoms with Gasteiger partial charge in [0.1, 0.15) is 11.4 Å². The summed E-state index contributed by atoms with van der Waals surface area (Å²) in [4.78, 5) is 12.3. The van der Waals surface area contributed by atoms with Gasteiger partial charge in [0.25, 0.3) is 0 Å². The van der Waals surface area contributed by atoms with Gasteiger partial charge in [-0.2, -0.15) is 0 Å². The first-order valence-electron chi connectivity index (χ1n) is 12.2. The van der Waals surface area contributed by atoms with Gasteiger partial charge >= 0.3 is 5.97 Å². The molecule has 36 heavy (non-hydrogen) atoms. The molecular formula is C29H33NO5S. The van der Waals surface area contributed by atoms with E-state index in [-0.39, 0.29) is 17.5 Å². The number of sulfonamides is 1. The zero-order valence-corrected chi connectivity index (χ0v) is 22.0. The van der Waals surface area contributed by atoms with Crippen molar-refractivity contribution in [2.45, 2.75) is 63.5 Å². The largest absolute Gasteiger partial charge is 0.482 e. The molecule has 0 saturated carbocycles. The maximum absolute atomic E-state index is 13.2. The molecule has 0 aromatic heterocycles. The van der Waals surface area contributed by atoms with E-state index in [9.17, 15) is 13.2 Å². The Morgan fingerprint density at radius 1 is 0.972 bits per heavy atom. The minimum atomic E-state index is -3.73. The molecule has 0 aliphatic heterocycles. The first-order valence-corrected chi connectivity index (χ1v) is 13.7. The van der Waals surface area contributed by atoms with Gasteiger partial charge in [0.05, 0.1) is 4.90 Å². The number of benzene rings is 3. The van der Waals surface area contributed by atoms with Crippen LogP contribution in [-0.4, -0.2) is 26.6 Å². The van der Waals surface area contributed by atoms with E-state index in [1.807, 2.05) is 82.3 Å². The quantitative estimate of drug-likeness (QED) is 0.413.